The predicted molar refractivity (Wildman–Crippen MR) is 80.2 cm³/mol. The number of methoxy groups -OCH3 is 3. The van der Waals surface area contributed by atoms with Gasteiger partial charge in [-0.3, -0.25) is 0 Å². The number of nitrogens with one attached hydrogen (secondary N) is 1. The van der Waals surface area contributed by atoms with E-state index in [0.29, 0.717) is 17.2 Å². The van der Waals surface area contributed by atoms with E-state index in [1.165, 1.54) is 0 Å². The molecule has 2 rings (SSSR count). The average Bonchev–Trinajstić information content (AvgIpc) is 2.49. The van der Waals surface area contributed by atoms with Crippen LogP contribution in [0.4, 0.5) is 17.1 Å². The first kappa shape index (κ1) is 13.9. The standard InChI is InChI=1S/C15H18N2O3/c1-18-10-7-8-11(14(9-10)20-3)17-12-5-4-6-13(19-2)15(12)16/h4-9,17H,16H2,1-3H3. The highest BCUT2D eigenvalue weighted by Gasteiger charge is 2.09. The third-order valence-electron chi connectivity index (χ3n) is 2.96. The zero-order valence-electron chi connectivity index (χ0n) is 11.8. The minimum Gasteiger partial charge on any atom is -0.497 e. The molecule has 0 heterocycles. The van der Waals surface area contributed by atoms with Gasteiger partial charge in [0.05, 0.1) is 38.4 Å². The number of hydrogen-bond donors (Lipinski definition) is 2. The summed E-state index contributed by atoms with van der Waals surface area (Å²) in [6.07, 6.45) is 0. The van der Waals surface area contributed by atoms with Gasteiger partial charge in [-0.2, -0.15) is 0 Å². The minimum absolute atomic E-state index is 0.549. The van der Waals surface area contributed by atoms with Gasteiger partial charge in [0.1, 0.15) is 17.2 Å². The van der Waals surface area contributed by atoms with Gasteiger partial charge in [0.25, 0.3) is 0 Å². The zero-order valence-corrected chi connectivity index (χ0v) is 11.8. The van der Waals surface area contributed by atoms with E-state index in [9.17, 15) is 0 Å². The van der Waals surface area contributed by atoms with Crippen molar-refractivity contribution < 1.29 is 14.2 Å². The van der Waals surface area contributed by atoms with Gasteiger partial charge in [0.15, 0.2) is 0 Å². The van der Waals surface area contributed by atoms with Crippen molar-refractivity contribution >= 4 is 17.1 Å². The second-order valence-corrected chi connectivity index (χ2v) is 4.11. The van der Waals surface area contributed by atoms with Crippen molar-refractivity contribution in [1.82, 2.24) is 0 Å². The number of nitrogen functional groups attached to an aromatic ring is 1. The van der Waals surface area contributed by atoms with Crippen LogP contribution in [0.25, 0.3) is 0 Å². The Morgan fingerprint density at radius 2 is 1.60 bits per heavy atom. The van der Waals surface area contributed by atoms with Crippen LogP contribution in [-0.4, -0.2) is 21.3 Å². The average molecular weight is 274 g/mol. The number of nitrogens with two attached hydrogens (primary N) is 1. The first-order valence-electron chi connectivity index (χ1n) is 6.11. The molecule has 0 saturated heterocycles. The fourth-order valence-corrected chi connectivity index (χ4v) is 1.88. The fraction of sp³-hybridized carbons (Fsp3) is 0.200. The molecule has 5 heteroatoms. The Labute approximate surface area is 118 Å². The first-order valence-corrected chi connectivity index (χ1v) is 6.11. The predicted octanol–water partition coefficient (Wildman–Crippen LogP) is 3.04. The molecule has 0 atom stereocenters. The van der Waals surface area contributed by atoms with Crippen LogP contribution in [0.1, 0.15) is 0 Å². The van der Waals surface area contributed by atoms with Crippen LogP contribution in [0.15, 0.2) is 36.4 Å². The van der Waals surface area contributed by atoms with Crippen LogP contribution in [0.3, 0.4) is 0 Å². The Morgan fingerprint density at radius 1 is 0.850 bits per heavy atom. The molecule has 0 amide bonds. The molecule has 0 aliphatic carbocycles. The molecular formula is C15H18N2O3. The molecule has 0 unspecified atom stereocenters. The minimum atomic E-state index is 0.549. The zero-order chi connectivity index (χ0) is 14.5. The van der Waals surface area contributed by atoms with Crippen molar-refractivity contribution in [3.05, 3.63) is 36.4 Å². The van der Waals surface area contributed by atoms with Gasteiger partial charge in [0, 0.05) is 6.07 Å². The molecule has 0 aliphatic rings. The lowest BCUT2D eigenvalue weighted by atomic mass is 10.2. The first-order chi connectivity index (χ1) is 9.69. The van der Waals surface area contributed by atoms with Crippen LogP contribution in [0, 0.1) is 0 Å². The molecule has 0 radical (unpaired) electrons. The van der Waals surface area contributed by atoms with E-state index in [1.807, 2.05) is 30.3 Å². The molecule has 0 bridgehead atoms. The van der Waals surface area contributed by atoms with Crippen molar-refractivity contribution in [2.45, 2.75) is 0 Å². The van der Waals surface area contributed by atoms with E-state index >= 15 is 0 Å². The largest absolute Gasteiger partial charge is 0.497 e. The van der Waals surface area contributed by atoms with Crippen molar-refractivity contribution in [2.24, 2.45) is 0 Å². The van der Waals surface area contributed by atoms with Gasteiger partial charge in [-0.15, -0.1) is 0 Å². The van der Waals surface area contributed by atoms with Crippen molar-refractivity contribution in [3.8, 4) is 17.2 Å². The number of hydrogen-bond acceptors (Lipinski definition) is 5. The number of para-hydroxylation sites is 1. The van der Waals surface area contributed by atoms with Crippen molar-refractivity contribution in [3.63, 3.8) is 0 Å². The van der Waals surface area contributed by atoms with Crippen LogP contribution in [-0.2, 0) is 0 Å². The second-order valence-electron chi connectivity index (χ2n) is 4.11. The molecule has 5 nitrogen and oxygen atoms in total. The Kier molecular flexibility index (Phi) is 4.20. The number of anilines is 3. The highest BCUT2D eigenvalue weighted by atomic mass is 16.5. The number of ether oxygens (including phenoxy) is 3. The molecule has 2 aromatic rings. The molecule has 0 aliphatic heterocycles. The third-order valence-corrected chi connectivity index (χ3v) is 2.96. The summed E-state index contributed by atoms with van der Waals surface area (Å²) in [5.41, 5.74) is 8.14. The maximum Gasteiger partial charge on any atom is 0.145 e. The smallest absolute Gasteiger partial charge is 0.145 e. The molecule has 3 N–H and O–H groups in total. The summed E-state index contributed by atoms with van der Waals surface area (Å²) in [6.45, 7) is 0. The lowest BCUT2D eigenvalue weighted by molar-refractivity contribution is 0.395. The highest BCUT2D eigenvalue weighted by molar-refractivity contribution is 5.79. The van der Waals surface area contributed by atoms with E-state index in [1.54, 1.807) is 27.4 Å². The number of rotatable bonds is 5. The van der Waals surface area contributed by atoms with Gasteiger partial charge in [-0.1, -0.05) is 6.07 Å². The van der Waals surface area contributed by atoms with Crippen molar-refractivity contribution in [1.29, 1.82) is 0 Å². The molecule has 0 aromatic heterocycles. The summed E-state index contributed by atoms with van der Waals surface area (Å²) in [7, 11) is 4.81. The summed E-state index contributed by atoms with van der Waals surface area (Å²) in [4.78, 5) is 0. The van der Waals surface area contributed by atoms with Crippen LogP contribution >= 0.6 is 0 Å². The maximum absolute atomic E-state index is 6.04. The van der Waals surface area contributed by atoms with Gasteiger partial charge in [-0.25, -0.2) is 0 Å². The summed E-state index contributed by atoms with van der Waals surface area (Å²) >= 11 is 0. The summed E-state index contributed by atoms with van der Waals surface area (Å²) in [6, 6.07) is 11.1. The van der Waals surface area contributed by atoms with E-state index in [4.69, 9.17) is 19.9 Å². The normalized spacial score (nSPS) is 9.95. The second kappa shape index (κ2) is 6.06. The number of benzene rings is 2. The summed E-state index contributed by atoms with van der Waals surface area (Å²) in [5.74, 6) is 2.03. The monoisotopic (exact) mass is 274 g/mol. The van der Waals surface area contributed by atoms with E-state index < -0.39 is 0 Å². The topological polar surface area (TPSA) is 65.7 Å². The molecule has 0 spiro atoms. The molecule has 0 saturated carbocycles. The van der Waals surface area contributed by atoms with E-state index in [2.05, 4.69) is 5.32 Å². The molecular weight excluding hydrogens is 256 g/mol. The third kappa shape index (κ3) is 2.71. The van der Waals surface area contributed by atoms with E-state index in [0.717, 1.165) is 17.1 Å². The highest BCUT2D eigenvalue weighted by Crippen LogP contribution is 2.35. The van der Waals surface area contributed by atoms with Gasteiger partial charge >= 0.3 is 0 Å². The maximum atomic E-state index is 6.04. The van der Waals surface area contributed by atoms with E-state index in [-0.39, 0.29) is 0 Å². The Balaban J connectivity index is 2.35. The Bertz CT molecular complexity index is 600. The van der Waals surface area contributed by atoms with Crippen LogP contribution in [0.5, 0.6) is 17.2 Å². The molecule has 106 valence electrons. The summed E-state index contributed by atoms with van der Waals surface area (Å²) in [5, 5.41) is 3.23. The quantitative estimate of drug-likeness (QED) is 0.820. The van der Waals surface area contributed by atoms with Gasteiger partial charge in [0.2, 0.25) is 0 Å². The van der Waals surface area contributed by atoms with Crippen LogP contribution < -0.4 is 25.3 Å². The van der Waals surface area contributed by atoms with Gasteiger partial charge in [-0.05, 0) is 24.3 Å². The molecule has 20 heavy (non-hydrogen) atoms. The van der Waals surface area contributed by atoms with Crippen LogP contribution in [0.2, 0.25) is 0 Å². The molecule has 0 fully saturated rings. The lowest BCUT2D eigenvalue weighted by Gasteiger charge is -2.15. The summed E-state index contributed by atoms with van der Waals surface area (Å²) < 4.78 is 15.7. The Hall–Kier alpha value is -2.56. The van der Waals surface area contributed by atoms with Gasteiger partial charge < -0.3 is 25.3 Å². The molecule has 2 aromatic carbocycles. The lowest BCUT2D eigenvalue weighted by Crippen LogP contribution is -2.00. The fourth-order valence-electron chi connectivity index (χ4n) is 1.88. The SMILES string of the molecule is COc1ccc(Nc2cccc(OC)c2N)c(OC)c1. The van der Waals surface area contributed by atoms with Crippen molar-refractivity contribution in [2.75, 3.05) is 32.4 Å². The Morgan fingerprint density at radius 3 is 2.25 bits per heavy atom.